The van der Waals surface area contributed by atoms with Gasteiger partial charge in [0.1, 0.15) is 0 Å². The summed E-state index contributed by atoms with van der Waals surface area (Å²) in [6, 6.07) is 0. The van der Waals surface area contributed by atoms with Gasteiger partial charge in [0, 0.05) is 5.75 Å². The summed E-state index contributed by atoms with van der Waals surface area (Å²) in [7, 11) is -3.20. The van der Waals surface area contributed by atoms with Crippen molar-refractivity contribution in [3.05, 3.63) is 0 Å². The van der Waals surface area contributed by atoms with Gasteiger partial charge in [0.15, 0.2) is 0 Å². The summed E-state index contributed by atoms with van der Waals surface area (Å²) in [6.07, 6.45) is 9.07. The van der Waals surface area contributed by atoms with Gasteiger partial charge in [0.25, 0.3) is 0 Å². The van der Waals surface area contributed by atoms with Crippen LogP contribution in [0.2, 0.25) is 0 Å². The first-order valence-electron chi connectivity index (χ1n) is 5.88. The molecule has 0 aliphatic carbocycles. The summed E-state index contributed by atoms with van der Waals surface area (Å²) in [6.45, 7) is 0.785. The topological polar surface area (TPSA) is 80.4 Å². The highest BCUT2D eigenvalue weighted by molar-refractivity contribution is 8.69. The second-order valence-electron chi connectivity index (χ2n) is 3.87. The molecule has 0 fully saturated rings. The second kappa shape index (κ2) is 10.4. The molecule has 0 amide bonds. The summed E-state index contributed by atoms with van der Waals surface area (Å²) in [4.78, 5) is 0. The van der Waals surface area contributed by atoms with Gasteiger partial charge in [-0.05, 0) is 30.2 Å². The number of unbranched alkanes of at least 4 members (excludes halogenated alkanes) is 7. The molecule has 0 aromatic rings. The summed E-state index contributed by atoms with van der Waals surface area (Å²) in [5.74, 6) is 0.492. The van der Waals surface area contributed by atoms with Crippen molar-refractivity contribution < 1.29 is 13.0 Å². The van der Waals surface area contributed by atoms with Crippen LogP contribution in [-0.2, 0) is 9.15 Å². The number of rotatable bonds is 11. The fourth-order valence-corrected chi connectivity index (χ4v) is 2.99. The molecule has 98 valence electrons. The molecule has 0 aromatic heterocycles. The fourth-order valence-electron chi connectivity index (χ4n) is 1.47. The van der Waals surface area contributed by atoms with Crippen LogP contribution in [0.5, 0.6) is 0 Å². The van der Waals surface area contributed by atoms with Crippen molar-refractivity contribution >= 4 is 19.9 Å². The highest BCUT2D eigenvalue weighted by atomic mass is 33.1. The Balaban J connectivity index is 3.05. The Labute approximate surface area is 103 Å². The van der Waals surface area contributed by atoms with Crippen molar-refractivity contribution in [3.63, 3.8) is 0 Å². The Morgan fingerprint density at radius 1 is 0.875 bits per heavy atom. The first-order valence-corrected chi connectivity index (χ1v) is 8.82. The lowest BCUT2D eigenvalue weighted by Gasteiger charge is -2.01. The number of nitrogens with two attached hydrogens (primary N) is 1. The lowest BCUT2D eigenvalue weighted by atomic mass is 10.1. The third kappa shape index (κ3) is 14.2. The summed E-state index contributed by atoms with van der Waals surface area (Å²) in [5.41, 5.74) is 5.39. The molecule has 0 saturated heterocycles. The van der Waals surface area contributed by atoms with E-state index in [-0.39, 0.29) is 0 Å². The van der Waals surface area contributed by atoms with E-state index in [2.05, 4.69) is 0 Å². The monoisotopic (exact) mass is 269 g/mol. The molecule has 0 rings (SSSR count). The van der Waals surface area contributed by atoms with Gasteiger partial charge >= 0.3 is 9.15 Å². The summed E-state index contributed by atoms with van der Waals surface area (Å²) in [5, 5.41) is 0. The maximum Gasteiger partial charge on any atom is 0.319 e. The van der Waals surface area contributed by atoms with Gasteiger partial charge in [-0.2, -0.15) is 8.42 Å². The molecule has 0 heterocycles. The van der Waals surface area contributed by atoms with Crippen LogP contribution in [0.15, 0.2) is 0 Å². The molecular weight excluding hydrogens is 246 g/mol. The SMILES string of the molecule is NCCCCCCCCCCSS(=O)(=O)O. The Hall–Kier alpha value is 0.220. The van der Waals surface area contributed by atoms with Crippen molar-refractivity contribution in [2.24, 2.45) is 5.73 Å². The van der Waals surface area contributed by atoms with E-state index in [9.17, 15) is 8.42 Å². The third-order valence-corrected chi connectivity index (χ3v) is 4.48. The zero-order valence-electron chi connectivity index (χ0n) is 9.73. The molecule has 0 bridgehead atoms. The average molecular weight is 269 g/mol. The summed E-state index contributed by atoms with van der Waals surface area (Å²) < 4.78 is 29.2. The molecule has 4 nitrogen and oxygen atoms in total. The predicted octanol–water partition coefficient (Wildman–Crippen LogP) is 2.60. The van der Waals surface area contributed by atoms with Gasteiger partial charge in [-0.25, -0.2) is 0 Å². The van der Waals surface area contributed by atoms with E-state index in [4.69, 9.17) is 10.3 Å². The molecule has 6 heteroatoms. The minimum Gasteiger partial charge on any atom is -0.330 e. The Bertz CT molecular complexity index is 242. The van der Waals surface area contributed by atoms with Gasteiger partial charge in [-0.3, -0.25) is 4.55 Å². The van der Waals surface area contributed by atoms with Crippen molar-refractivity contribution in [1.82, 2.24) is 0 Å². The molecule has 0 atom stereocenters. The first kappa shape index (κ1) is 16.2. The highest BCUT2D eigenvalue weighted by Crippen LogP contribution is 2.14. The Morgan fingerprint density at radius 3 is 1.75 bits per heavy atom. The summed E-state index contributed by atoms with van der Waals surface area (Å²) >= 11 is 0. The van der Waals surface area contributed by atoms with Crippen molar-refractivity contribution in [3.8, 4) is 0 Å². The van der Waals surface area contributed by atoms with Crippen LogP contribution in [0.25, 0.3) is 0 Å². The molecule has 0 spiro atoms. The molecule has 0 unspecified atom stereocenters. The molecule has 3 N–H and O–H groups in total. The van der Waals surface area contributed by atoms with E-state index in [1.54, 1.807) is 0 Å². The van der Waals surface area contributed by atoms with Gasteiger partial charge in [-0.15, -0.1) is 0 Å². The molecule has 0 aromatic carbocycles. The van der Waals surface area contributed by atoms with Crippen LogP contribution in [0.3, 0.4) is 0 Å². The van der Waals surface area contributed by atoms with Gasteiger partial charge in [-0.1, -0.05) is 38.5 Å². The van der Waals surface area contributed by atoms with Crippen LogP contribution >= 0.6 is 10.8 Å². The van der Waals surface area contributed by atoms with E-state index >= 15 is 0 Å². The zero-order chi connectivity index (χ0) is 12.3. The molecule has 0 aliphatic heterocycles. The van der Waals surface area contributed by atoms with Crippen LogP contribution in [0.4, 0.5) is 0 Å². The van der Waals surface area contributed by atoms with Crippen molar-refractivity contribution in [2.45, 2.75) is 51.4 Å². The minimum atomic E-state index is -3.83. The number of hydrogen-bond acceptors (Lipinski definition) is 4. The van der Waals surface area contributed by atoms with E-state index in [0.29, 0.717) is 16.5 Å². The van der Waals surface area contributed by atoms with Crippen molar-refractivity contribution in [2.75, 3.05) is 12.3 Å². The molecule has 0 radical (unpaired) electrons. The molecular formula is C10H23NO3S2. The zero-order valence-corrected chi connectivity index (χ0v) is 11.4. The third-order valence-electron chi connectivity index (χ3n) is 2.33. The van der Waals surface area contributed by atoms with Crippen molar-refractivity contribution in [1.29, 1.82) is 0 Å². The normalized spacial score (nSPS) is 11.9. The molecule has 0 saturated carbocycles. The number of hydrogen-bond donors (Lipinski definition) is 2. The lowest BCUT2D eigenvalue weighted by Crippen LogP contribution is -1.97. The average Bonchev–Trinajstić information content (AvgIpc) is 2.19. The first-order chi connectivity index (χ1) is 7.56. The molecule has 16 heavy (non-hydrogen) atoms. The Kier molecular flexibility index (Phi) is 10.5. The standard InChI is InChI=1S/C10H23NO3S2/c11-9-7-5-3-1-2-4-6-8-10-15-16(12,13)14/h1-11H2,(H,12,13,14). The van der Waals surface area contributed by atoms with Crippen LogP contribution < -0.4 is 5.73 Å². The maximum atomic E-state index is 10.4. The second-order valence-corrected chi connectivity index (χ2v) is 7.34. The van der Waals surface area contributed by atoms with E-state index in [1.807, 2.05) is 0 Å². The van der Waals surface area contributed by atoms with Crippen LogP contribution in [0, 0.1) is 0 Å². The minimum absolute atomic E-state index is 0.492. The maximum absolute atomic E-state index is 10.4. The molecule has 0 aliphatic rings. The smallest absolute Gasteiger partial charge is 0.319 e. The predicted molar refractivity (Wildman–Crippen MR) is 70.0 cm³/mol. The Morgan fingerprint density at radius 2 is 1.31 bits per heavy atom. The van der Waals surface area contributed by atoms with Crippen LogP contribution in [0.1, 0.15) is 51.4 Å². The van der Waals surface area contributed by atoms with Gasteiger partial charge in [0.2, 0.25) is 0 Å². The van der Waals surface area contributed by atoms with E-state index < -0.39 is 9.15 Å². The highest BCUT2D eigenvalue weighted by Gasteiger charge is 2.03. The van der Waals surface area contributed by atoms with Crippen LogP contribution in [-0.4, -0.2) is 25.3 Å². The van der Waals surface area contributed by atoms with Gasteiger partial charge < -0.3 is 5.73 Å². The fraction of sp³-hybridized carbons (Fsp3) is 1.00. The quantitative estimate of drug-likeness (QED) is 0.342. The van der Waals surface area contributed by atoms with E-state index in [1.165, 1.54) is 25.7 Å². The van der Waals surface area contributed by atoms with E-state index in [0.717, 1.165) is 32.2 Å². The largest absolute Gasteiger partial charge is 0.330 e. The lowest BCUT2D eigenvalue weighted by molar-refractivity contribution is 0.503. The van der Waals surface area contributed by atoms with Gasteiger partial charge in [0.05, 0.1) is 0 Å².